The lowest BCUT2D eigenvalue weighted by atomic mass is 10.0. The highest BCUT2D eigenvalue weighted by molar-refractivity contribution is 7.91. The van der Waals surface area contributed by atoms with Crippen molar-refractivity contribution >= 4 is 26.5 Å². The van der Waals surface area contributed by atoms with Crippen molar-refractivity contribution in [3.05, 3.63) is 94.8 Å². The molecule has 0 unspecified atom stereocenters. The fraction of sp³-hybridized carbons (Fsp3) is 0.0870. The van der Waals surface area contributed by atoms with E-state index in [1.54, 1.807) is 36.4 Å². The van der Waals surface area contributed by atoms with Gasteiger partial charge in [-0.2, -0.15) is 0 Å². The van der Waals surface area contributed by atoms with Gasteiger partial charge in [0, 0.05) is 5.39 Å². The first kappa shape index (κ1) is 19.0. The summed E-state index contributed by atoms with van der Waals surface area (Å²) in [5.74, 6) is -0.257. The molecular formula is C23H19NO4S. The van der Waals surface area contributed by atoms with Crippen LogP contribution in [0.5, 0.6) is 0 Å². The Labute approximate surface area is 168 Å². The van der Waals surface area contributed by atoms with Gasteiger partial charge in [-0.3, -0.25) is 0 Å². The number of hydrogen-bond acceptors (Lipinski definition) is 5. The van der Waals surface area contributed by atoms with Gasteiger partial charge in [-0.25, -0.2) is 13.2 Å². The largest absolute Gasteiger partial charge is 0.406 e. The Morgan fingerprint density at radius 3 is 2.14 bits per heavy atom. The molecule has 0 aliphatic carbocycles. The standard InChI is InChI=1S/C23H19NO4S/c1-16-11-13-18(14-12-16)29(26,27)15-24-22-21(17-7-3-2-4-8-17)19-9-5-6-10-20(19)23(25)28-22/h2-14,24H,15H2,1H3. The second kappa shape index (κ2) is 7.56. The van der Waals surface area contributed by atoms with Crippen molar-refractivity contribution in [2.24, 2.45) is 0 Å². The third kappa shape index (κ3) is 3.79. The summed E-state index contributed by atoms with van der Waals surface area (Å²) in [6.45, 7) is 1.89. The molecule has 1 heterocycles. The summed E-state index contributed by atoms with van der Waals surface area (Å²) in [5.41, 5.74) is 1.93. The molecule has 0 saturated carbocycles. The molecule has 0 radical (unpaired) electrons. The van der Waals surface area contributed by atoms with Gasteiger partial charge in [-0.05, 0) is 30.7 Å². The molecule has 5 nitrogen and oxygen atoms in total. The maximum absolute atomic E-state index is 12.7. The molecule has 0 saturated heterocycles. The predicted octanol–water partition coefficient (Wildman–Crippen LogP) is 4.61. The van der Waals surface area contributed by atoms with Crippen molar-refractivity contribution < 1.29 is 12.8 Å². The first-order valence-electron chi connectivity index (χ1n) is 9.10. The van der Waals surface area contributed by atoms with E-state index < -0.39 is 21.3 Å². The van der Waals surface area contributed by atoms with Crippen molar-refractivity contribution in [3.63, 3.8) is 0 Å². The van der Waals surface area contributed by atoms with Crippen molar-refractivity contribution in [2.75, 3.05) is 11.2 Å². The van der Waals surface area contributed by atoms with E-state index in [9.17, 15) is 13.2 Å². The molecular weight excluding hydrogens is 386 g/mol. The van der Waals surface area contributed by atoms with E-state index in [2.05, 4.69) is 5.32 Å². The minimum absolute atomic E-state index is 0.135. The lowest BCUT2D eigenvalue weighted by Crippen LogP contribution is -2.16. The molecule has 0 amide bonds. The fourth-order valence-electron chi connectivity index (χ4n) is 3.21. The Kier molecular flexibility index (Phi) is 4.94. The minimum Gasteiger partial charge on any atom is -0.406 e. The summed E-state index contributed by atoms with van der Waals surface area (Å²) < 4.78 is 31.0. The Morgan fingerprint density at radius 1 is 0.828 bits per heavy atom. The number of aryl methyl sites for hydroxylation is 1. The Hall–Kier alpha value is -3.38. The van der Waals surface area contributed by atoms with E-state index in [1.165, 1.54) is 0 Å². The first-order valence-corrected chi connectivity index (χ1v) is 10.8. The SMILES string of the molecule is Cc1ccc(S(=O)(=O)CNc2oc(=O)c3ccccc3c2-c2ccccc2)cc1. The highest BCUT2D eigenvalue weighted by Crippen LogP contribution is 2.34. The number of benzene rings is 3. The normalized spacial score (nSPS) is 11.5. The predicted molar refractivity (Wildman–Crippen MR) is 115 cm³/mol. The molecule has 146 valence electrons. The zero-order valence-electron chi connectivity index (χ0n) is 15.8. The number of hydrogen-bond donors (Lipinski definition) is 1. The monoisotopic (exact) mass is 405 g/mol. The Bertz CT molecular complexity index is 1330. The van der Waals surface area contributed by atoms with Crippen molar-refractivity contribution in [3.8, 4) is 11.1 Å². The summed E-state index contributed by atoms with van der Waals surface area (Å²) in [4.78, 5) is 12.7. The van der Waals surface area contributed by atoms with Gasteiger partial charge in [-0.15, -0.1) is 0 Å². The second-order valence-electron chi connectivity index (χ2n) is 6.75. The van der Waals surface area contributed by atoms with Crippen LogP contribution in [0.1, 0.15) is 5.56 Å². The van der Waals surface area contributed by atoms with Crippen LogP contribution in [0.25, 0.3) is 21.9 Å². The van der Waals surface area contributed by atoms with E-state index in [-0.39, 0.29) is 10.8 Å². The Morgan fingerprint density at radius 2 is 1.45 bits per heavy atom. The number of rotatable bonds is 5. The zero-order valence-corrected chi connectivity index (χ0v) is 16.6. The van der Waals surface area contributed by atoms with Crippen LogP contribution in [0.2, 0.25) is 0 Å². The molecule has 0 bridgehead atoms. The van der Waals surface area contributed by atoms with Gasteiger partial charge in [0.15, 0.2) is 9.84 Å². The van der Waals surface area contributed by atoms with Crippen LogP contribution < -0.4 is 10.9 Å². The third-order valence-corrected chi connectivity index (χ3v) is 6.22. The van der Waals surface area contributed by atoms with Gasteiger partial charge in [0.05, 0.1) is 15.8 Å². The lowest BCUT2D eigenvalue weighted by Gasteiger charge is -2.13. The summed E-state index contributed by atoms with van der Waals surface area (Å²) in [5, 5.41) is 3.99. The van der Waals surface area contributed by atoms with Crippen molar-refractivity contribution in [2.45, 2.75) is 11.8 Å². The summed E-state index contributed by atoms with van der Waals surface area (Å²) in [6.07, 6.45) is 0. The van der Waals surface area contributed by atoms with Crippen molar-refractivity contribution in [1.29, 1.82) is 0 Å². The van der Waals surface area contributed by atoms with Crippen LogP contribution in [0, 0.1) is 6.92 Å². The van der Waals surface area contributed by atoms with Crippen LogP contribution >= 0.6 is 0 Å². The second-order valence-corrected chi connectivity index (χ2v) is 8.74. The third-order valence-electron chi connectivity index (χ3n) is 4.70. The zero-order chi connectivity index (χ0) is 20.4. The topological polar surface area (TPSA) is 76.4 Å². The molecule has 3 aromatic carbocycles. The van der Waals surface area contributed by atoms with Crippen LogP contribution in [0.15, 0.2) is 93.0 Å². The highest BCUT2D eigenvalue weighted by Gasteiger charge is 2.19. The maximum atomic E-state index is 12.7. The summed E-state index contributed by atoms with van der Waals surface area (Å²) in [6, 6.07) is 23.2. The molecule has 0 aliphatic rings. The number of sulfone groups is 1. The number of anilines is 1. The minimum atomic E-state index is -3.61. The van der Waals surface area contributed by atoms with Gasteiger partial charge >= 0.3 is 5.63 Å². The van der Waals surface area contributed by atoms with E-state index >= 15 is 0 Å². The first-order chi connectivity index (χ1) is 14.0. The van der Waals surface area contributed by atoms with Crippen LogP contribution in [0.4, 0.5) is 5.88 Å². The van der Waals surface area contributed by atoms with E-state index in [4.69, 9.17) is 4.42 Å². The molecule has 0 atom stereocenters. The maximum Gasteiger partial charge on any atom is 0.345 e. The van der Waals surface area contributed by atoms with Gasteiger partial charge in [0.2, 0.25) is 5.88 Å². The van der Waals surface area contributed by atoms with Crippen LogP contribution in [0.3, 0.4) is 0 Å². The molecule has 0 aliphatic heterocycles. The Balaban J connectivity index is 1.80. The van der Waals surface area contributed by atoms with Gasteiger partial charge in [0.25, 0.3) is 0 Å². The van der Waals surface area contributed by atoms with Gasteiger partial charge in [-0.1, -0.05) is 66.2 Å². The molecule has 4 aromatic rings. The van der Waals surface area contributed by atoms with E-state index in [0.29, 0.717) is 16.3 Å². The number of fused-ring (bicyclic) bond motifs is 1. The highest BCUT2D eigenvalue weighted by atomic mass is 32.2. The summed E-state index contributed by atoms with van der Waals surface area (Å²) in [7, 11) is -3.61. The molecule has 1 N–H and O–H groups in total. The van der Waals surface area contributed by atoms with Crippen LogP contribution in [-0.4, -0.2) is 14.3 Å². The average molecular weight is 405 g/mol. The lowest BCUT2D eigenvalue weighted by molar-refractivity contribution is 0.535. The molecule has 0 spiro atoms. The quantitative estimate of drug-likeness (QED) is 0.525. The van der Waals surface area contributed by atoms with E-state index in [1.807, 2.05) is 49.4 Å². The van der Waals surface area contributed by atoms with Gasteiger partial charge in [0.1, 0.15) is 5.88 Å². The molecule has 1 aromatic heterocycles. The fourth-order valence-corrected chi connectivity index (χ4v) is 4.24. The number of nitrogens with one attached hydrogen (secondary N) is 1. The molecule has 0 fully saturated rings. The summed E-state index contributed by atoms with van der Waals surface area (Å²) >= 11 is 0. The molecule has 4 rings (SSSR count). The molecule has 6 heteroatoms. The van der Waals surface area contributed by atoms with Gasteiger partial charge < -0.3 is 9.73 Å². The molecule has 29 heavy (non-hydrogen) atoms. The van der Waals surface area contributed by atoms with Crippen molar-refractivity contribution in [1.82, 2.24) is 0 Å². The smallest absolute Gasteiger partial charge is 0.345 e. The van der Waals surface area contributed by atoms with Crippen LogP contribution in [-0.2, 0) is 9.84 Å². The average Bonchev–Trinajstić information content (AvgIpc) is 2.73. The van der Waals surface area contributed by atoms with E-state index in [0.717, 1.165) is 11.1 Å².